The molecule has 1 aliphatic heterocycles. The van der Waals surface area contributed by atoms with Crippen molar-refractivity contribution in [2.45, 2.75) is 6.18 Å². The third-order valence-electron chi connectivity index (χ3n) is 1.86. The normalized spacial score (nSPS) is 14.6. The number of carbonyl (C=O) groups excluding carboxylic acids is 1. The van der Waals surface area contributed by atoms with E-state index in [0.717, 1.165) is 18.2 Å². The van der Waals surface area contributed by atoms with Crippen molar-refractivity contribution in [2.75, 3.05) is 0 Å². The molecule has 1 aliphatic rings. The van der Waals surface area contributed by atoms with Gasteiger partial charge in [-0.25, -0.2) is 4.99 Å². The van der Waals surface area contributed by atoms with Crippen LogP contribution in [0.4, 0.5) is 13.2 Å². The highest BCUT2D eigenvalue weighted by molar-refractivity contribution is 6.06. The summed E-state index contributed by atoms with van der Waals surface area (Å²) in [5.74, 6) is -0.515. The Bertz CT molecular complexity index is 516. The van der Waals surface area contributed by atoms with Gasteiger partial charge < -0.3 is 0 Å². The molecule has 1 aromatic carbocycles. The summed E-state index contributed by atoms with van der Waals surface area (Å²) in [6, 6.07) is 3.03. The van der Waals surface area contributed by atoms with E-state index in [-0.39, 0.29) is 5.22 Å². The lowest BCUT2D eigenvalue weighted by Crippen LogP contribution is -2.23. The lowest BCUT2D eigenvalue weighted by Gasteiger charge is -2.04. The number of amides is 1. The fourth-order valence-corrected chi connectivity index (χ4v) is 1.23. The first-order valence-corrected chi connectivity index (χ1v) is 3.78. The highest BCUT2D eigenvalue weighted by atomic mass is 19.4. The van der Waals surface area contributed by atoms with Gasteiger partial charge >= 0.3 is 6.18 Å². The molecule has 1 amide bonds. The van der Waals surface area contributed by atoms with E-state index in [1.54, 1.807) is 0 Å². The topological polar surface area (TPSA) is 29.4 Å². The molecule has 2 rings (SSSR count). The highest BCUT2D eigenvalue weighted by Gasteiger charge is 2.30. The average Bonchev–Trinajstić information content (AvgIpc) is 2.41. The zero-order valence-corrected chi connectivity index (χ0v) is 6.80. The maximum absolute atomic E-state index is 12.2. The second-order valence-electron chi connectivity index (χ2n) is 2.87. The zero-order valence-electron chi connectivity index (χ0n) is 6.80. The lowest BCUT2D eigenvalue weighted by atomic mass is 10.2. The van der Waals surface area contributed by atoms with Gasteiger partial charge in [0.2, 0.25) is 0 Å². The van der Waals surface area contributed by atoms with Crippen LogP contribution in [0.2, 0.25) is 0 Å². The quantitative estimate of drug-likeness (QED) is 0.603. The van der Waals surface area contributed by atoms with Crippen molar-refractivity contribution in [2.24, 2.45) is 4.99 Å². The van der Waals surface area contributed by atoms with Gasteiger partial charge in [0, 0.05) is 11.3 Å². The maximum atomic E-state index is 12.2. The first-order chi connectivity index (χ1) is 6.47. The minimum Gasteiger partial charge on any atom is -0.267 e. The molecule has 0 aromatic heterocycles. The molecule has 0 fully saturated rings. The average molecular weight is 199 g/mol. The van der Waals surface area contributed by atoms with Gasteiger partial charge in [-0.05, 0) is 18.2 Å². The molecule has 0 saturated carbocycles. The standard InChI is InChI=1S/C9H4F3NO/c10-9(11,12)6-1-2-7-5(3-6)4-8(14)13-7/h1-4H. The van der Waals surface area contributed by atoms with Crippen LogP contribution in [0.5, 0.6) is 0 Å². The fraction of sp³-hybridized carbons (Fsp3) is 0.111. The van der Waals surface area contributed by atoms with Gasteiger partial charge in [0.15, 0.2) is 0 Å². The minimum atomic E-state index is -4.38. The zero-order chi connectivity index (χ0) is 10.3. The molecule has 72 valence electrons. The van der Waals surface area contributed by atoms with Gasteiger partial charge in [0.05, 0.1) is 10.9 Å². The van der Waals surface area contributed by atoms with E-state index >= 15 is 0 Å². The van der Waals surface area contributed by atoms with E-state index in [4.69, 9.17) is 0 Å². The Morgan fingerprint density at radius 1 is 1.21 bits per heavy atom. The van der Waals surface area contributed by atoms with Gasteiger partial charge in [-0.15, -0.1) is 0 Å². The van der Waals surface area contributed by atoms with Crippen LogP contribution in [0.15, 0.2) is 23.2 Å². The van der Waals surface area contributed by atoms with E-state index < -0.39 is 17.6 Å². The monoisotopic (exact) mass is 199 g/mol. The van der Waals surface area contributed by atoms with Crippen molar-refractivity contribution in [3.05, 3.63) is 34.3 Å². The molecule has 0 saturated heterocycles. The molecule has 0 bridgehead atoms. The Morgan fingerprint density at radius 3 is 2.57 bits per heavy atom. The molecular formula is C9H4F3NO. The summed E-state index contributed by atoms with van der Waals surface area (Å²) >= 11 is 0. The molecule has 0 N–H and O–H groups in total. The molecule has 0 atom stereocenters. The Labute approximate surface area is 76.4 Å². The van der Waals surface area contributed by atoms with E-state index in [9.17, 15) is 18.0 Å². The molecule has 2 nitrogen and oxygen atoms in total. The number of benzene rings is 1. The van der Waals surface area contributed by atoms with E-state index in [2.05, 4.69) is 4.99 Å². The van der Waals surface area contributed by atoms with Crippen molar-refractivity contribution in [3.8, 4) is 0 Å². The summed E-state index contributed by atoms with van der Waals surface area (Å²) in [5.41, 5.74) is -0.766. The SMILES string of the molecule is O=C1C=c2cc(C(F)(F)F)ccc2=N1. The lowest BCUT2D eigenvalue weighted by molar-refractivity contribution is -0.137. The Hall–Kier alpha value is -1.65. The van der Waals surface area contributed by atoms with Crippen LogP contribution in [-0.2, 0) is 11.0 Å². The van der Waals surface area contributed by atoms with Crippen LogP contribution in [0.1, 0.15) is 5.56 Å². The van der Waals surface area contributed by atoms with Gasteiger partial charge in [-0.2, -0.15) is 13.2 Å². The Morgan fingerprint density at radius 2 is 1.93 bits per heavy atom. The number of carbonyl (C=O) groups is 1. The molecule has 0 aliphatic carbocycles. The van der Waals surface area contributed by atoms with E-state index in [1.165, 1.54) is 6.07 Å². The van der Waals surface area contributed by atoms with Crippen molar-refractivity contribution in [1.29, 1.82) is 0 Å². The number of hydrogen-bond acceptors (Lipinski definition) is 1. The van der Waals surface area contributed by atoms with Crippen LogP contribution in [0.3, 0.4) is 0 Å². The summed E-state index contributed by atoms with van der Waals surface area (Å²) in [5, 5.41) is 0.521. The number of nitrogens with zero attached hydrogens (tertiary/aromatic N) is 1. The van der Waals surface area contributed by atoms with E-state index in [1.807, 2.05) is 0 Å². The van der Waals surface area contributed by atoms with Crippen LogP contribution in [-0.4, -0.2) is 5.91 Å². The summed E-state index contributed by atoms with van der Waals surface area (Å²) in [6.07, 6.45) is -3.29. The van der Waals surface area contributed by atoms with Crippen LogP contribution in [0.25, 0.3) is 6.08 Å². The summed E-state index contributed by atoms with van der Waals surface area (Å²) in [7, 11) is 0. The molecule has 0 unspecified atom stereocenters. The smallest absolute Gasteiger partial charge is 0.267 e. The van der Waals surface area contributed by atoms with Crippen molar-refractivity contribution < 1.29 is 18.0 Å². The van der Waals surface area contributed by atoms with E-state index in [0.29, 0.717) is 5.36 Å². The molecule has 1 aromatic rings. The summed E-state index contributed by atoms with van der Waals surface area (Å²) in [4.78, 5) is 14.3. The number of hydrogen-bond donors (Lipinski definition) is 0. The fourth-order valence-electron chi connectivity index (χ4n) is 1.23. The molecular weight excluding hydrogens is 195 g/mol. The van der Waals surface area contributed by atoms with Crippen molar-refractivity contribution in [1.82, 2.24) is 0 Å². The second kappa shape index (κ2) is 2.67. The number of halogens is 3. The van der Waals surface area contributed by atoms with Crippen molar-refractivity contribution in [3.63, 3.8) is 0 Å². The minimum absolute atomic E-state index is 0.227. The van der Waals surface area contributed by atoms with Crippen LogP contribution >= 0.6 is 0 Å². The highest BCUT2D eigenvalue weighted by Crippen LogP contribution is 2.27. The maximum Gasteiger partial charge on any atom is 0.416 e. The first kappa shape index (κ1) is 8.93. The predicted molar refractivity (Wildman–Crippen MR) is 41.7 cm³/mol. The van der Waals surface area contributed by atoms with Gasteiger partial charge in [-0.3, -0.25) is 4.79 Å². The number of fused-ring (bicyclic) bond motifs is 1. The molecule has 1 heterocycles. The van der Waals surface area contributed by atoms with Gasteiger partial charge in [0.1, 0.15) is 0 Å². The first-order valence-electron chi connectivity index (χ1n) is 3.78. The van der Waals surface area contributed by atoms with Crippen LogP contribution < -0.4 is 10.6 Å². The third-order valence-corrected chi connectivity index (χ3v) is 1.86. The Balaban J connectivity index is 2.66. The van der Waals surface area contributed by atoms with Crippen LogP contribution in [0, 0.1) is 0 Å². The molecule has 5 heteroatoms. The Kier molecular flexibility index (Phi) is 1.70. The van der Waals surface area contributed by atoms with Gasteiger partial charge in [-0.1, -0.05) is 0 Å². The summed E-state index contributed by atoms with van der Waals surface area (Å²) < 4.78 is 36.7. The third kappa shape index (κ3) is 1.41. The largest absolute Gasteiger partial charge is 0.416 e. The van der Waals surface area contributed by atoms with Gasteiger partial charge in [0.25, 0.3) is 5.91 Å². The predicted octanol–water partition coefficient (Wildman–Crippen LogP) is 0.646. The number of rotatable bonds is 0. The number of alkyl halides is 3. The molecule has 0 spiro atoms. The molecule has 14 heavy (non-hydrogen) atoms. The summed E-state index contributed by atoms with van der Waals surface area (Å²) in [6.45, 7) is 0. The second-order valence-corrected chi connectivity index (χ2v) is 2.87. The van der Waals surface area contributed by atoms with Crippen molar-refractivity contribution >= 4 is 12.0 Å². The molecule has 0 radical (unpaired) electrons.